The number of hydrogen-bond acceptors (Lipinski definition) is 2. The lowest BCUT2D eigenvalue weighted by atomic mass is 9.90. The van der Waals surface area contributed by atoms with Gasteiger partial charge in [-0.1, -0.05) is 31.0 Å². The van der Waals surface area contributed by atoms with Gasteiger partial charge < -0.3 is 10.7 Å². The number of para-hydroxylation sites is 1. The molecule has 0 atom stereocenters. The third kappa shape index (κ3) is 2.24. The number of alkyl halides is 3. The second kappa shape index (κ2) is 4.41. The van der Waals surface area contributed by atoms with E-state index < -0.39 is 12.0 Å². The number of ether oxygens (including phenoxy) is 1. The van der Waals surface area contributed by atoms with Gasteiger partial charge in [0, 0.05) is 10.9 Å². The first kappa shape index (κ1) is 13.3. The zero-order valence-electron chi connectivity index (χ0n) is 10.8. The number of benzene rings is 1. The molecule has 3 nitrogen and oxygen atoms in total. The normalized spacial score (nSPS) is 18.8. The van der Waals surface area contributed by atoms with E-state index in [-0.39, 0.29) is 0 Å². The molecule has 0 radical (unpaired) electrons. The van der Waals surface area contributed by atoms with Crippen LogP contribution in [-0.2, 0) is 10.3 Å². The molecule has 0 bridgehead atoms. The molecule has 108 valence electrons. The van der Waals surface area contributed by atoms with E-state index >= 15 is 0 Å². The fourth-order valence-corrected chi connectivity index (χ4v) is 3.15. The van der Waals surface area contributed by atoms with Gasteiger partial charge in [0.05, 0.1) is 5.52 Å². The van der Waals surface area contributed by atoms with Gasteiger partial charge >= 0.3 is 6.36 Å². The van der Waals surface area contributed by atoms with Crippen LogP contribution >= 0.6 is 0 Å². The SMILES string of the molecule is Nc1cc2cccc(C3(OC(F)(F)F)CCCC3)c2[nH]1. The molecule has 1 saturated carbocycles. The minimum Gasteiger partial charge on any atom is -0.385 e. The highest BCUT2D eigenvalue weighted by Crippen LogP contribution is 2.47. The van der Waals surface area contributed by atoms with E-state index in [1.807, 2.05) is 6.07 Å². The largest absolute Gasteiger partial charge is 0.523 e. The van der Waals surface area contributed by atoms with E-state index in [1.165, 1.54) is 0 Å². The van der Waals surface area contributed by atoms with Crippen molar-refractivity contribution in [2.45, 2.75) is 37.6 Å². The third-order valence-electron chi connectivity index (χ3n) is 3.89. The highest BCUT2D eigenvalue weighted by atomic mass is 19.4. The van der Waals surface area contributed by atoms with Crippen molar-refractivity contribution in [2.75, 3.05) is 5.73 Å². The highest BCUT2D eigenvalue weighted by Gasteiger charge is 2.47. The van der Waals surface area contributed by atoms with Crippen molar-refractivity contribution < 1.29 is 17.9 Å². The summed E-state index contributed by atoms with van der Waals surface area (Å²) in [6.45, 7) is 0. The summed E-state index contributed by atoms with van der Waals surface area (Å²) in [7, 11) is 0. The minimum absolute atomic E-state index is 0.366. The molecular formula is C14H15F3N2O. The number of fused-ring (bicyclic) bond motifs is 1. The number of nitrogens with one attached hydrogen (secondary N) is 1. The monoisotopic (exact) mass is 284 g/mol. The van der Waals surface area contributed by atoms with E-state index in [2.05, 4.69) is 9.72 Å². The summed E-state index contributed by atoms with van der Waals surface area (Å²) >= 11 is 0. The maximum Gasteiger partial charge on any atom is 0.523 e. The lowest BCUT2D eigenvalue weighted by Crippen LogP contribution is -2.33. The fraction of sp³-hybridized carbons (Fsp3) is 0.429. The molecule has 3 rings (SSSR count). The number of halogens is 3. The van der Waals surface area contributed by atoms with Crippen LogP contribution in [0, 0.1) is 0 Å². The second-order valence-corrected chi connectivity index (χ2v) is 5.24. The number of aromatic nitrogens is 1. The number of nitrogens with two attached hydrogens (primary N) is 1. The molecule has 3 N–H and O–H groups in total. The zero-order valence-corrected chi connectivity index (χ0v) is 10.8. The topological polar surface area (TPSA) is 51.0 Å². The molecule has 0 amide bonds. The smallest absolute Gasteiger partial charge is 0.385 e. The number of aromatic amines is 1. The van der Waals surface area contributed by atoms with E-state index in [9.17, 15) is 13.2 Å². The van der Waals surface area contributed by atoms with Crippen LogP contribution in [0.25, 0.3) is 10.9 Å². The van der Waals surface area contributed by atoms with Gasteiger partial charge in [0.15, 0.2) is 0 Å². The Labute approximate surface area is 113 Å². The number of anilines is 1. The Hall–Kier alpha value is -1.69. The van der Waals surface area contributed by atoms with Crippen molar-refractivity contribution in [1.29, 1.82) is 0 Å². The summed E-state index contributed by atoms with van der Waals surface area (Å²) in [6, 6.07) is 6.97. The highest BCUT2D eigenvalue weighted by molar-refractivity contribution is 5.86. The van der Waals surface area contributed by atoms with Gasteiger partial charge in [-0.25, -0.2) is 0 Å². The van der Waals surface area contributed by atoms with E-state index in [0.29, 0.717) is 29.7 Å². The summed E-state index contributed by atoms with van der Waals surface area (Å²) in [5.74, 6) is 0.438. The maximum atomic E-state index is 12.8. The van der Waals surface area contributed by atoms with Gasteiger partial charge in [-0.2, -0.15) is 0 Å². The lowest BCUT2D eigenvalue weighted by Gasteiger charge is -2.31. The Kier molecular flexibility index (Phi) is 2.93. The first-order valence-corrected chi connectivity index (χ1v) is 6.54. The number of hydrogen-bond donors (Lipinski definition) is 2. The van der Waals surface area contributed by atoms with E-state index in [1.54, 1.807) is 18.2 Å². The molecule has 2 aromatic rings. The van der Waals surface area contributed by atoms with Crippen LogP contribution in [0.4, 0.5) is 19.0 Å². The molecule has 1 aliphatic carbocycles. The van der Waals surface area contributed by atoms with Crippen molar-refractivity contribution >= 4 is 16.7 Å². The number of rotatable bonds is 2. The van der Waals surface area contributed by atoms with Gasteiger partial charge in [0.25, 0.3) is 0 Å². The van der Waals surface area contributed by atoms with E-state index in [4.69, 9.17) is 5.73 Å². The predicted molar refractivity (Wildman–Crippen MR) is 70.0 cm³/mol. The van der Waals surface area contributed by atoms with Gasteiger partial charge in [-0.05, 0) is 18.9 Å². The van der Waals surface area contributed by atoms with Crippen LogP contribution in [0.3, 0.4) is 0 Å². The van der Waals surface area contributed by atoms with Gasteiger partial charge in [0.1, 0.15) is 11.4 Å². The summed E-state index contributed by atoms with van der Waals surface area (Å²) in [5.41, 5.74) is 5.59. The maximum absolute atomic E-state index is 12.8. The standard InChI is InChI=1S/C14H15F3N2O/c15-14(16,17)20-13(6-1-2-7-13)10-5-3-4-9-8-11(18)19-12(9)10/h3-5,8,19H,1-2,6-7,18H2. The van der Waals surface area contributed by atoms with Crippen molar-refractivity contribution in [1.82, 2.24) is 4.98 Å². The Balaban J connectivity index is 2.14. The average Bonchev–Trinajstić information content (AvgIpc) is 2.92. The Morgan fingerprint density at radius 2 is 1.90 bits per heavy atom. The minimum atomic E-state index is -4.65. The van der Waals surface area contributed by atoms with Crippen molar-refractivity contribution in [3.8, 4) is 0 Å². The molecule has 1 fully saturated rings. The van der Waals surface area contributed by atoms with Crippen LogP contribution in [0.5, 0.6) is 0 Å². The number of nitrogen functional groups attached to an aromatic ring is 1. The van der Waals surface area contributed by atoms with Crippen molar-refractivity contribution in [3.63, 3.8) is 0 Å². The summed E-state index contributed by atoms with van der Waals surface area (Å²) in [5, 5.41) is 0.803. The van der Waals surface area contributed by atoms with Crippen molar-refractivity contribution in [3.05, 3.63) is 29.8 Å². The summed E-state index contributed by atoms with van der Waals surface area (Å²) in [6.07, 6.45) is -2.47. The number of H-pyrrole nitrogens is 1. The Morgan fingerprint density at radius 1 is 1.20 bits per heavy atom. The van der Waals surface area contributed by atoms with Crippen LogP contribution in [0.15, 0.2) is 24.3 Å². The molecule has 1 aliphatic rings. The molecule has 0 unspecified atom stereocenters. The van der Waals surface area contributed by atoms with Crippen LogP contribution in [0.2, 0.25) is 0 Å². The van der Waals surface area contributed by atoms with Crippen LogP contribution in [0.1, 0.15) is 31.2 Å². The first-order valence-electron chi connectivity index (χ1n) is 6.54. The van der Waals surface area contributed by atoms with Crippen LogP contribution in [-0.4, -0.2) is 11.3 Å². The molecule has 1 aromatic carbocycles. The molecule has 1 heterocycles. The zero-order chi connectivity index (χ0) is 14.4. The van der Waals surface area contributed by atoms with Gasteiger partial charge in [-0.3, -0.25) is 4.74 Å². The molecule has 0 spiro atoms. The summed E-state index contributed by atoms with van der Waals surface area (Å²) < 4.78 is 42.9. The second-order valence-electron chi connectivity index (χ2n) is 5.24. The molecule has 20 heavy (non-hydrogen) atoms. The molecule has 1 aromatic heterocycles. The van der Waals surface area contributed by atoms with Crippen molar-refractivity contribution in [2.24, 2.45) is 0 Å². The van der Waals surface area contributed by atoms with Gasteiger partial charge in [0.2, 0.25) is 0 Å². The lowest BCUT2D eigenvalue weighted by molar-refractivity contribution is -0.370. The summed E-state index contributed by atoms with van der Waals surface area (Å²) in [4.78, 5) is 2.94. The van der Waals surface area contributed by atoms with Gasteiger partial charge in [-0.15, -0.1) is 13.2 Å². The Bertz CT molecular complexity index is 627. The molecule has 0 aliphatic heterocycles. The van der Waals surface area contributed by atoms with Crippen LogP contribution < -0.4 is 5.73 Å². The quantitative estimate of drug-likeness (QED) is 0.873. The molecule has 0 saturated heterocycles. The Morgan fingerprint density at radius 3 is 2.55 bits per heavy atom. The first-order chi connectivity index (χ1) is 9.40. The molecule has 6 heteroatoms. The molecular weight excluding hydrogens is 269 g/mol. The fourth-order valence-electron chi connectivity index (χ4n) is 3.15. The third-order valence-corrected chi connectivity index (χ3v) is 3.89. The average molecular weight is 284 g/mol. The predicted octanol–water partition coefficient (Wildman–Crippen LogP) is 4.06. The van der Waals surface area contributed by atoms with E-state index in [0.717, 1.165) is 18.2 Å².